The molecule has 6 heteroatoms. The van der Waals surface area contributed by atoms with Gasteiger partial charge in [0.2, 0.25) is 0 Å². The van der Waals surface area contributed by atoms with Crippen LogP contribution in [0.25, 0.3) is 0 Å². The molecule has 1 fully saturated rings. The second kappa shape index (κ2) is 3.49. The van der Waals surface area contributed by atoms with Crippen LogP contribution in [0.2, 0.25) is 0 Å². The first-order chi connectivity index (χ1) is 7.74. The molecule has 94 valence electrons. The van der Waals surface area contributed by atoms with Gasteiger partial charge in [-0.3, -0.25) is 0 Å². The van der Waals surface area contributed by atoms with Gasteiger partial charge < -0.3 is 5.73 Å². The normalized spacial score (nSPS) is 26.8. The van der Waals surface area contributed by atoms with E-state index in [2.05, 4.69) is 0 Å². The Morgan fingerprint density at radius 1 is 1.35 bits per heavy atom. The summed E-state index contributed by atoms with van der Waals surface area (Å²) in [5.74, 6) is -2.91. The molecule has 1 aromatic carbocycles. The first-order valence-electron chi connectivity index (χ1n) is 5.12. The van der Waals surface area contributed by atoms with Crippen LogP contribution in [0.4, 0.5) is 8.78 Å². The third kappa shape index (κ3) is 1.75. The quantitative estimate of drug-likeness (QED) is 0.892. The van der Waals surface area contributed by atoms with E-state index in [0.29, 0.717) is 0 Å². The molecular weight excluding hydrogens is 248 g/mol. The van der Waals surface area contributed by atoms with E-state index in [9.17, 15) is 17.2 Å². The van der Waals surface area contributed by atoms with Crippen LogP contribution in [-0.2, 0) is 15.3 Å². The predicted molar refractivity (Wildman–Crippen MR) is 59.8 cm³/mol. The molecule has 0 aliphatic heterocycles. The summed E-state index contributed by atoms with van der Waals surface area (Å²) in [6.45, 7) is -0.257. The topological polar surface area (TPSA) is 60.2 Å². The Kier molecular flexibility index (Phi) is 2.56. The van der Waals surface area contributed by atoms with Crippen LogP contribution in [0.1, 0.15) is 12.0 Å². The lowest BCUT2D eigenvalue weighted by Crippen LogP contribution is -2.28. The van der Waals surface area contributed by atoms with Gasteiger partial charge in [-0.1, -0.05) is 18.2 Å². The van der Waals surface area contributed by atoms with E-state index in [4.69, 9.17) is 5.73 Å². The summed E-state index contributed by atoms with van der Waals surface area (Å²) in [6.07, 6.45) is 0.625. The van der Waals surface area contributed by atoms with E-state index in [-0.39, 0.29) is 23.4 Å². The maximum Gasteiger partial charge on any atom is 0.260 e. The van der Waals surface area contributed by atoms with Crippen molar-refractivity contribution in [2.75, 3.05) is 12.8 Å². The monoisotopic (exact) mass is 261 g/mol. The second-order valence-electron chi connectivity index (χ2n) is 4.44. The van der Waals surface area contributed by atoms with Gasteiger partial charge in [0.1, 0.15) is 0 Å². The second-order valence-corrected chi connectivity index (χ2v) is 6.42. The van der Waals surface area contributed by atoms with E-state index >= 15 is 0 Å². The molecule has 1 aliphatic carbocycles. The van der Waals surface area contributed by atoms with Crippen LogP contribution in [0, 0.1) is 0 Å². The zero-order chi connectivity index (χ0) is 12.9. The van der Waals surface area contributed by atoms with Crippen molar-refractivity contribution in [1.29, 1.82) is 0 Å². The first kappa shape index (κ1) is 12.4. The summed E-state index contributed by atoms with van der Waals surface area (Å²) in [6, 6.07) is 5.83. The fourth-order valence-corrected chi connectivity index (χ4v) is 3.13. The van der Waals surface area contributed by atoms with E-state index in [0.717, 1.165) is 6.26 Å². The van der Waals surface area contributed by atoms with Gasteiger partial charge in [-0.25, -0.2) is 17.2 Å². The number of rotatable bonds is 3. The summed E-state index contributed by atoms with van der Waals surface area (Å²) in [7, 11) is -3.53. The highest BCUT2D eigenvalue weighted by atomic mass is 32.2. The summed E-state index contributed by atoms with van der Waals surface area (Å²) in [4.78, 5) is -0.0531. The molecule has 2 rings (SSSR count). The molecular formula is C11H13F2NO2S. The number of nitrogens with two attached hydrogens (primary N) is 1. The van der Waals surface area contributed by atoms with E-state index in [1.165, 1.54) is 18.2 Å². The number of alkyl halides is 2. The minimum Gasteiger partial charge on any atom is -0.329 e. The molecule has 3 nitrogen and oxygen atoms in total. The summed E-state index contributed by atoms with van der Waals surface area (Å²) in [5, 5.41) is 0. The van der Waals surface area contributed by atoms with Crippen molar-refractivity contribution in [3.63, 3.8) is 0 Å². The maximum atomic E-state index is 13.4. The number of hydrogen-bond acceptors (Lipinski definition) is 3. The Hall–Kier alpha value is -1.01. The number of halogens is 2. The van der Waals surface area contributed by atoms with Crippen LogP contribution < -0.4 is 5.73 Å². The Bertz CT molecular complexity index is 556. The van der Waals surface area contributed by atoms with Gasteiger partial charge in [0.15, 0.2) is 9.84 Å². The average molecular weight is 261 g/mol. The van der Waals surface area contributed by atoms with Crippen molar-refractivity contribution < 1.29 is 17.2 Å². The first-order valence-corrected chi connectivity index (χ1v) is 7.01. The summed E-state index contributed by atoms with van der Waals surface area (Å²) >= 11 is 0. The van der Waals surface area contributed by atoms with Gasteiger partial charge in [-0.15, -0.1) is 0 Å². The maximum absolute atomic E-state index is 13.4. The van der Waals surface area contributed by atoms with E-state index < -0.39 is 21.2 Å². The van der Waals surface area contributed by atoms with Crippen molar-refractivity contribution >= 4 is 9.84 Å². The van der Waals surface area contributed by atoms with Gasteiger partial charge in [-0.2, -0.15) is 0 Å². The zero-order valence-electron chi connectivity index (χ0n) is 9.28. The summed E-state index contributed by atoms with van der Waals surface area (Å²) in [5.41, 5.74) is 4.04. The Morgan fingerprint density at radius 3 is 2.29 bits per heavy atom. The summed E-state index contributed by atoms with van der Waals surface area (Å²) < 4.78 is 50.0. The van der Waals surface area contributed by atoms with Crippen molar-refractivity contribution in [2.24, 2.45) is 5.73 Å². The molecule has 1 unspecified atom stereocenters. The molecule has 1 aromatic rings. The fourth-order valence-electron chi connectivity index (χ4n) is 2.14. The van der Waals surface area contributed by atoms with Gasteiger partial charge in [-0.05, 0) is 11.6 Å². The van der Waals surface area contributed by atoms with Gasteiger partial charge in [0, 0.05) is 19.2 Å². The lowest BCUT2D eigenvalue weighted by Gasteiger charge is -2.17. The molecule has 0 heterocycles. The highest BCUT2D eigenvalue weighted by molar-refractivity contribution is 7.90. The Balaban J connectivity index is 2.63. The molecule has 0 saturated heterocycles. The van der Waals surface area contributed by atoms with Crippen molar-refractivity contribution in [3.8, 4) is 0 Å². The van der Waals surface area contributed by atoms with Crippen LogP contribution >= 0.6 is 0 Å². The smallest absolute Gasteiger partial charge is 0.260 e. The highest BCUT2D eigenvalue weighted by Gasteiger charge is 2.71. The van der Waals surface area contributed by atoms with Crippen molar-refractivity contribution in [3.05, 3.63) is 29.8 Å². The lowest BCUT2D eigenvalue weighted by molar-refractivity contribution is 0.0890. The lowest BCUT2D eigenvalue weighted by atomic mass is 9.95. The number of sulfone groups is 1. The molecule has 0 amide bonds. The molecule has 0 radical (unpaired) electrons. The van der Waals surface area contributed by atoms with Gasteiger partial charge in [0.25, 0.3) is 5.92 Å². The Morgan fingerprint density at radius 2 is 1.88 bits per heavy atom. The van der Waals surface area contributed by atoms with Crippen LogP contribution in [0.15, 0.2) is 29.2 Å². The minimum absolute atomic E-state index is 0.0531. The SMILES string of the molecule is CS(=O)(=O)c1ccccc1C1(CN)CC1(F)F. The Labute approximate surface area is 98.5 Å². The molecule has 0 spiro atoms. The van der Waals surface area contributed by atoms with Crippen molar-refractivity contribution in [2.45, 2.75) is 22.7 Å². The van der Waals surface area contributed by atoms with E-state index in [1.54, 1.807) is 6.07 Å². The third-order valence-electron chi connectivity index (χ3n) is 3.25. The average Bonchev–Trinajstić information content (AvgIpc) is 2.81. The number of hydrogen-bond donors (Lipinski definition) is 1. The molecule has 1 saturated carbocycles. The van der Waals surface area contributed by atoms with Crippen LogP contribution in [0.5, 0.6) is 0 Å². The minimum atomic E-state index is -3.53. The largest absolute Gasteiger partial charge is 0.329 e. The van der Waals surface area contributed by atoms with Gasteiger partial charge >= 0.3 is 0 Å². The predicted octanol–water partition coefficient (Wildman–Crippen LogP) is 1.33. The molecule has 17 heavy (non-hydrogen) atoms. The molecule has 1 aliphatic rings. The standard InChI is InChI=1S/C11H13F2NO2S/c1-17(15,16)9-5-3-2-4-8(9)10(7-14)6-11(10,12)13/h2-5H,6-7,14H2,1H3. The third-order valence-corrected chi connectivity index (χ3v) is 4.40. The zero-order valence-corrected chi connectivity index (χ0v) is 10.1. The number of benzene rings is 1. The van der Waals surface area contributed by atoms with Crippen molar-refractivity contribution in [1.82, 2.24) is 0 Å². The molecule has 0 bridgehead atoms. The van der Waals surface area contributed by atoms with Gasteiger partial charge in [0.05, 0.1) is 10.3 Å². The van der Waals surface area contributed by atoms with Crippen LogP contribution in [0.3, 0.4) is 0 Å². The fraction of sp³-hybridized carbons (Fsp3) is 0.455. The highest BCUT2D eigenvalue weighted by Crippen LogP contribution is 2.61. The molecule has 1 atom stereocenters. The van der Waals surface area contributed by atoms with Crippen LogP contribution in [-0.4, -0.2) is 27.1 Å². The van der Waals surface area contributed by atoms with E-state index in [1.807, 2.05) is 0 Å². The molecule has 0 aromatic heterocycles. The molecule has 2 N–H and O–H groups in total.